The molecule has 0 bridgehead atoms. The lowest BCUT2D eigenvalue weighted by atomic mass is 9.42. The van der Waals surface area contributed by atoms with E-state index in [2.05, 4.69) is 6.92 Å². The summed E-state index contributed by atoms with van der Waals surface area (Å²) in [7, 11) is 0. The molecule has 7 nitrogen and oxygen atoms in total. The number of aliphatic carboxylic acids is 1. The monoisotopic (exact) mass is 516 g/mol. The van der Waals surface area contributed by atoms with Crippen molar-refractivity contribution in [3.63, 3.8) is 0 Å². The predicted molar refractivity (Wildman–Crippen MR) is 137 cm³/mol. The molecular weight excluding hydrogens is 472 g/mol. The summed E-state index contributed by atoms with van der Waals surface area (Å²) in [5, 5.41) is 32.4. The number of hydrogen-bond acceptors (Lipinski definition) is 6. The number of rotatable bonds is 6. The van der Waals surface area contributed by atoms with E-state index in [1.807, 2.05) is 34.6 Å². The van der Waals surface area contributed by atoms with Gasteiger partial charge in [-0.05, 0) is 48.0 Å². The lowest BCUT2D eigenvalue weighted by Gasteiger charge is -2.61. The number of carboxylic acid groups (broad SMARTS) is 1. The molecule has 7 heteroatoms. The number of Topliss-reactive ketones (excluding diaryl/α,β-unsaturated/α-hetero) is 3. The summed E-state index contributed by atoms with van der Waals surface area (Å²) < 4.78 is 0. The largest absolute Gasteiger partial charge is 0.481 e. The zero-order valence-corrected chi connectivity index (χ0v) is 23.4. The zero-order valence-electron chi connectivity index (χ0n) is 23.4. The second-order valence-corrected chi connectivity index (χ2v) is 13.9. The van der Waals surface area contributed by atoms with Crippen LogP contribution >= 0.6 is 0 Å². The van der Waals surface area contributed by atoms with Crippen LogP contribution in [-0.4, -0.2) is 50.8 Å². The summed E-state index contributed by atoms with van der Waals surface area (Å²) in [5.41, 5.74) is -1.40. The van der Waals surface area contributed by atoms with Crippen LogP contribution in [0.15, 0.2) is 11.1 Å². The zero-order chi connectivity index (χ0) is 27.9. The Morgan fingerprint density at radius 2 is 1.62 bits per heavy atom. The Morgan fingerprint density at radius 3 is 2.22 bits per heavy atom. The van der Waals surface area contributed by atoms with Gasteiger partial charge in [0.25, 0.3) is 0 Å². The SMILES string of the molecule is C[C@H](CC(=O)C[C@H](C)[C@@H]1C[C@H](O)[C@]2(C)C3=C(C(=O)C[C@]12C)[C@]1(C)CCC(=O)C(C)(C)[C@@H]1C[C@H]3O)C(=O)O. The lowest BCUT2D eigenvalue weighted by Crippen LogP contribution is -2.60. The second kappa shape index (κ2) is 8.84. The van der Waals surface area contributed by atoms with E-state index in [9.17, 15) is 34.5 Å². The number of carboxylic acids is 1. The van der Waals surface area contributed by atoms with Gasteiger partial charge in [-0.15, -0.1) is 0 Å². The Morgan fingerprint density at radius 1 is 1.00 bits per heavy atom. The van der Waals surface area contributed by atoms with Gasteiger partial charge in [0.2, 0.25) is 0 Å². The Labute approximate surface area is 220 Å². The van der Waals surface area contributed by atoms with E-state index in [-0.39, 0.29) is 54.4 Å². The Hall–Kier alpha value is -1.86. The van der Waals surface area contributed by atoms with Gasteiger partial charge in [-0.25, -0.2) is 0 Å². The number of aliphatic hydroxyl groups excluding tert-OH is 2. The van der Waals surface area contributed by atoms with Crippen molar-refractivity contribution in [2.45, 2.75) is 106 Å². The molecule has 0 aromatic heterocycles. The maximum Gasteiger partial charge on any atom is 0.306 e. The van der Waals surface area contributed by atoms with Crippen molar-refractivity contribution in [1.29, 1.82) is 0 Å². The average molecular weight is 517 g/mol. The third-order valence-corrected chi connectivity index (χ3v) is 11.6. The van der Waals surface area contributed by atoms with E-state index in [1.54, 1.807) is 0 Å². The van der Waals surface area contributed by atoms with Crippen LogP contribution in [0.5, 0.6) is 0 Å². The highest BCUT2D eigenvalue weighted by Gasteiger charge is 2.70. The predicted octanol–water partition coefficient (Wildman–Crippen LogP) is 4.13. The topological polar surface area (TPSA) is 129 Å². The Bertz CT molecular complexity index is 1070. The van der Waals surface area contributed by atoms with Crippen LogP contribution in [0, 0.1) is 45.3 Å². The molecule has 0 amide bonds. The standard InChI is InChI=1S/C30H44O7/c1-15(10-17(31)11-16(2)26(36)37)18-12-23(35)30(7)25-19(32)13-21-27(3,4)22(34)8-9-28(21,5)24(25)20(33)14-29(18,30)6/h15-16,18-19,21,23,32,35H,8-14H2,1-7H3,(H,36,37)/t15-,16+,18-,19+,21-,23-,28+,29+,30+/m0/s1. The number of carbonyl (C=O) groups is 4. The quantitative estimate of drug-likeness (QED) is 0.484. The molecule has 2 fully saturated rings. The van der Waals surface area contributed by atoms with Crippen molar-refractivity contribution in [1.82, 2.24) is 0 Å². The number of aliphatic hydroxyl groups is 2. The molecule has 0 unspecified atom stereocenters. The molecule has 206 valence electrons. The van der Waals surface area contributed by atoms with Gasteiger partial charge >= 0.3 is 5.97 Å². The van der Waals surface area contributed by atoms with Crippen molar-refractivity contribution in [2.24, 2.45) is 45.3 Å². The van der Waals surface area contributed by atoms with Gasteiger partial charge in [-0.3, -0.25) is 19.2 Å². The number of carbonyl (C=O) groups excluding carboxylic acids is 3. The van der Waals surface area contributed by atoms with Crippen LogP contribution in [-0.2, 0) is 19.2 Å². The van der Waals surface area contributed by atoms with E-state index in [0.717, 1.165) is 0 Å². The summed E-state index contributed by atoms with van der Waals surface area (Å²) in [5.74, 6) is -2.17. The first-order valence-corrected chi connectivity index (χ1v) is 13.8. The Kier molecular flexibility index (Phi) is 6.72. The third-order valence-electron chi connectivity index (χ3n) is 11.6. The molecule has 4 aliphatic carbocycles. The first-order chi connectivity index (χ1) is 16.9. The molecule has 9 atom stereocenters. The minimum atomic E-state index is -1.00. The van der Waals surface area contributed by atoms with Gasteiger partial charge in [0.1, 0.15) is 11.6 Å². The van der Waals surface area contributed by atoms with Gasteiger partial charge in [-0.1, -0.05) is 48.5 Å². The molecule has 4 aliphatic rings. The highest BCUT2D eigenvalue weighted by atomic mass is 16.4. The first kappa shape index (κ1) is 28.2. The molecule has 0 saturated heterocycles. The number of fused-ring (bicyclic) bond motifs is 4. The van der Waals surface area contributed by atoms with Crippen molar-refractivity contribution in [3.8, 4) is 0 Å². The molecule has 3 N–H and O–H groups in total. The molecule has 0 spiro atoms. The van der Waals surface area contributed by atoms with Crippen LogP contribution in [0.25, 0.3) is 0 Å². The van der Waals surface area contributed by atoms with Crippen LogP contribution < -0.4 is 0 Å². The van der Waals surface area contributed by atoms with E-state index < -0.39 is 45.8 Å². The fourth-order valence-corrected chi connectivity index (χ4v) is 9.20. The molecule has 0 aromatic rings. The lowest BCUT2D eigenvalue weighted by molar-refractivity contribution is -0.146. The van der Waals surface area contributed by atoms with Gasteiger partial charge in [0.15, 0.2) is 5.78 Å². The van der Waals surface area contributed by atoms with Gasteiger partial charge in [0, 0.05) is 47.5 Å². The second-order valence-electron chi connectivity index (χ2n) is 13.9. The molecule has 37 heavy (non-hydrogen) atoms. The number of allylic oxidation sites excluding steroid dienone is 1. The molecule has 4 rings (SSSR count). The highest BCUT2D eigenvalue weighted by Crippen LogP contribution is 2.71. The van der Waals surface area contributed by atoms with Crippen LogP contribution in [0.1, 0.15) is 93.4 Å². The third kappa shape index (κ3) is 3.82. The summed E-state index contributed by atoms with van der Waals surface area (Å²) in [4.78, 5) is 50.8. The maximum absolute atomic E-state index is 14.1. The molecule has 0 aliphatic heterocycles. The average Bonchev–Trinajstić information content (AvgIpc) is 2.99. The maximum atomic E-state index is 14.1. The van der Waals surface area contributed by atoms with Gasteiger partial charge in [-0.2, -0.15) is 0 Å². The smallest absolute Gasteiger partial charge is 0.306 e. The Balaban J connectivity index is 1.74. The van der Waals surface area contributed by atoms with E-state index in [1.165, 1.54) is 6.92 Å². The van der Waals surface area contributed by atoms with E-state index in [0.29, 0.717) is 36.8 Å². The van der Waals surface area contributed by atoms with Crippen molar-refractivity contribution in [3.05, 3.63) is 11.1 Å². The van der Waals surface area contributed by atoms with Crippen LogP contribution in [0.2, 0.25) is 0 Å². The van der Waals surface area contributed by atoms with E-state index in [4.69, 9.17) is 0 Å². The normalized spacial score (nSPS) is 42.5. The summed E-state index contributed by atoms with van der Waals surface area (Å²) >= 11 is 0. The van der Waals surface area contributed by atoms with Crippen molar-refractivity contribution >= 4 is 23.3 Å². The minimum absolute atomic E-state index is 0.0106. The molecule has 0 radical (unpaired) electrons. The first-order valence-electron chi connectivity index (χ1n) is 13.8. The van der Waals surface area contributed by atoms with Crippen molar-refractivity contribution in [2.75, 3.05) is 0 Å². The molecule has 0 aromatic carbocycles. The van der Waals surface area contributed by atoms with Crippen molar-refractivity contribution < 1.29 is 34.5 Å². The number of ketones is 3. The van der Waals surface area contributed by atoms with Gasteiger partial charge < -0.3 is 15.3 Å². The van der Waals surface area contributed by atoms with Gasteiger partial charge in [0.05, 0.1) is 18.1 Å². The van der Waals surface area contributed by atoms with E-state index >= 15 is 0 Å². The summed E-state index contributed by atoms with van der Waals surface area (Å²) in [6, 6.07) is 0. The molecular formula is C30H44O7. The summed E-state index contributed by atoms with van der Waals surface area (Å²) in [6.45, 7) is 13.4. The molecule has 0 heterocycles. The van der Waals surface area contributed by atoms with Crippen LogP contribution in [0.4, 0.5) is 0 Å². The van der Waals surface area contributed by atoms with Crippen LogP contribution in [0.3, 0.4) is 0 Å². The fraction of sp³-hybridized carbons (Fsp3) is 0.800. The summed E-state index contributed by atoms with van der Waals surface area (Å²) in [6.07, 6.45) is 0.421. The fourth-order valence-electron chi connectivity index (χ4n) is 9.20. The number of hydrogen-bond donors (Lipinski definition) is 3. The minimum Gasteiger partial charge on any atom is -0.481 e. The highest BCUT2D eigenvalue weighted by molar-refractivity contribution is 6.01. The molecule has 2 saturated carbocycles.